The van der Waals surface area contributed by atoms with Gasteiger partial charge in [-0.2, -0.15) is 23.1 Å². The van der Waals surface area contributed by atoms with Gasteiger partial charge in [-0.3, -0.25) is 9.97 Å². The zero-order valence-electron chi connectivity index (χ0n) is 28.1. The number of fused-ring (bicyclic) bond motifs is 2. The highest BCUT2D eigenvalue weighted by molar-refractivity contribution is 7.71. The first-order valence-corrected chi connectivity index (χ1v) is 18.3. The fraction of sp³-hybridized carbons (Fsp3) is 0.303. The molecule has 0 atom stereocenters. The number of nitrogens with zero attached hydrogens (tertiary/aromatic N) is 6. The van der Waals surface area contributed by atoms with Crippen molar-refractivity contribution in [1.82, 2.24) is 35.1 Å². The molecule has 0 amide bonds. The SMILES string of the molecule is CN/C=C(\C=N)c1cc(Nc2nc(Nc3ccc4nccnc4c3P(C)(C)=O)c3c(C(F)(F)F)c[nH]c3n2)c(OC)cc1N1CCN(C)CC1. The van der Waals surface area contributed by atoms with E-state index in [1.54, 1.807) is 38.7 Å². The molecule has 262 valence electrons. The van der Waals surface area contributed by atoms with Gasteiger partial charge in [-0.15, -0.1) is 0 Å². The number of hydrogen-bond donors (Lipinski definition) is 5. The van der Waals surface area contributed by atoms with Crippen molar-refractivity contribution in [3.05, 3.63) is 60.2 Å². The molecule has 17 heteroatoms. The summed E-state index contributed by atoms with van der Waals surface area (Å²) < 4.78 is 62.2. The molecule has 0 spiro atoms. The molecule has 5 N–H and O–H groups in total. The van der Waals surface area contributed by atoms with Crippen molar-refractivity contribution >= 4 is 75.1 Å². The highest BCUT2D eigenvalue weighted by atomic mass is 31.2. The molecule has 6 rings (SSSR count). The molecule has 1 saturated heterocycles. The summed E-state index contributed by atoms with van der Waals surface area (Å²) >= 11 is 0. The number of ether oxygens (including phenoxy) is 1. The monoisotopic (exact) mass is 707 g/mol. The van der Waals surface area contributed by atoms with Crippen molar-refractivity contribution in [1.29, 1.82) is 5.41 Å². The van der Waals surface area contributed by atoms with Crippen LogP contribution < -0.4 is 30.9 Å². The first kappa shape index (κ1) is 34.6. The van der Waals surface area contributed by atoms with Gasteiger partial charge in [-0.05, 0) is 38.6 Å². The molecular weight excluding hydrogens is 670 g/mol. The Morgan fingerprint density at radius 1 is 1.06 bits per heavy atom. The van der Waals surface area contributed by atoms with Gasteiger partial charge in [0.05, 0.1) is 40.3 Å². The maximum absolute atomic E-state index is 14.3. The lowest BCUT2D eigenvalue weighted by Gasteiger charge is -2.35. The van der Waals surface area contributed by atoms with Crippen LogP contribution in [0.4, 0.5) is 42.0 Å². The number of allylic oxidation sites excluding steroid dienone is 1. The van der Waals surface area contributed by atoms with Gasteiger partial charge in [0.2, 0.25) is 5.95 Å². The number of anilines is 5. The third kappa shape index (κ3) is 6.81. The Kier molecular flexibility index (Phi) is 9.42. The van der Waals surface area contributed by atoms with Crippen LogP contribution in [0, 0.1) is 5.41 Å². The number of methoxy groups -OCH3 is 1. The molecule has 5 aromatic rings. The van der Waals surface area contributed by atoms with Crippen LogP contribution in [0.2, 0.25) is 0 Å². The molecule has 0 bridgehead atoms. The van der Waals surface area contributed by atoms with E-state index >= 15 is 0 Å². The van der Waals surface area contributed by atoms with Crippen molar-refractivity contribution in [2.75, 3.05) is 76.2 Å². The summed E-state index contributed by atoms with van der Waals surface area (Å²) in [5.74, 6) is 0.220. The third-order valence-corrected chi connectivity index (χ3v) is 9.95. The summed E-state index contributed by atoms with van der Waals surface area (Å²) in [6.07, 6.45) is 2.05. The van der Waals surface area contributed by atoms with Gasteiger partial charge in [0.1, 0.15) is 29.9 Å². The Bertz CT molecular complexity index is 2150. The predicted molar refractivity (Wildman–Crippen MR) is 193 cm³/mol. The van der Waals surface area contributed by atoms with Gasteiger partial charge in [-0.25, -0.2) is 0 Å². The van der Waals surface area contributed by atoms with Gasteiger partial charge < -0.3 is 45.4 Å². The Labute approximate surface area is 286 Å². The number of rotatable bonds is 10. The standard InChI is InChI=1S/C33H37F3N11O2P/c1-38-17-19(16-37)20-14-24(26(49-3)15-25(20)47-12-10-46(2)11-13-47)43-32-44-30-27(21(18-41-30)33(34,35)36)31(45-32)42-23-7-6-22-28(40-9-8-39-22)29(23)50(4,5)48/h6-9,14-18,37-38H,10-13H2,1-5H3,(H3,41,42,43,44,45)/b19-17+,37-16?. The largest absolute Gasteiger partial charge is 0.494 e. The fourth-order valence-electron chi connectivity index (χ4n) is 6.05. The number of piperazine rings is 1. The predicted octanol–water partition coefficient (Wildman–Crippen LogP) is 5.63. The molecule has 3 aromatic heterocycles. The summed E-state index contributed by atoms with van der Waals surface area (Å²) in [5, 5.41) is 17.4. The van der Waals surface area contributed by atoms with Crippen LogP contribution in [0.25, 0.3) is 27.6 Å². The van der Waals surface area contributed by atoms with Crippen molar-refractivity contribution in [3.63, 3.8) is 0 Å². The van der Waals surface area contributed by atoms with E-state index in [0.717, 1.165) is 43.6 Å². The minimum Gasteiger partial charge on any atom is -0.494 e. The number of likely N-dealkylation sites (N-methyl/N-ethyl adjacent to an activating group) is 1. The summed E-state index contributed by atoms with van der Waals surface area (Å²) in [6, 6.07) is 6.93. The first-order valence-electron chi connectivity index (χ1n) is 15.7. The van der Waals surface area contributed by atoms with Crippen LogP contribution in [0.1, 0.15) is 11.1 Å². The van der Waals surface area contributed by atoms with Crippen LogP contribution in [-0.2, 0) is 10.7 Å². The normalized spacial score (nSPS) is 14.6. The van der Waals surface area contributed by atoms with Crippen molar-refractivity contribution in [2.45, 2.75) is 6.18 Å². The summed E-state index contributed by atoms with van der Waals surface area (Å²) in [6.45, 7) is 6.35. The number of alkyl halides is 3. The average Bonchev–Trinajstić information content (AvgIpc) is 3.52. The lowest BCUT2D eigenvalue weighted by molar-refractivity contribution is -0.136. The highest BCUT2D eigenvalue weighted by Crippen LogP contribution is 2.44. The maximum atomic E-state index is 14.3. The summed E-state index contributed by atoms with van der Waals surface area (Å²) in [5.41, 5.74) is 2.69. The van der Waals surface area contributed by atoms with Gasteiger partial charge in [0.25, 0.3) is 0 Å². The topological polar surface area (TPSA) is 160 Å². The molecule has 0 aliphatic carbocycles. The molecule has 1 fully saturated rings. The lowest BCUT2D eigenvalue weighted by atomic mass is 10.0. The van der Waals surface area contributed by atoms with E-state index in [1.165, 1.54) is 25.7 Å². The Morgan fingerprint density at radius 2 is 1.80 bits per heavy atom. The molecule has 4 heterocycles. The fourth-order valence-corrected chi connectivity index (χ4v) is 7.44. The quantitative estimate of drug-likeness (QED) is 0.0905. The zero-order chi connectivity index (χ0) is 35.8. The van der Waals surface area contributed by atoms with E-state index in [0.29, 0.717) is 33.3 Å². The third-order valence-electron chi connectivity index (χ3n) is 8.42. The van der Waals surface area contributed by atoms with E-state index in [1.807, 2.05) is 12.1 Å². The molecule has 1 aliphatic heterocycles. The molecule has 13 nitrogen and oxygen atoms in total. The smallest absolute Gasteiger partial charge is 0.418 e. The first-order chi connectivity index (χ1) is 23.8. The molecule has 0 radical (unpaired) electrons. The van der Waals surface area contributed by atoms with Gasteiger partial charge >= 0.3 is 6.18 Å². The Balaban J connectivity index is 1.51. The van der Waals surface area contributed by atoms with Gasteiger partial charge in [-0.1, -0.05) is 0 Å². The van der Waals surface area contributed by atoms with E-state index in [2.05, 4.69) is 57.7 Å². The summed E-state index contributed by atoms with van der Waals surface area (Å²) in [4.78, 5) is 24.8. The van der Waals surface area contributed by atoms with E-state index < -0.39 is 18.9 Å². The Morgan fingerprint density at radius 3 is 2.46 bits per heavy atom. The molecule has 1 aliphatic rings. The average molecular weight is 708 g/mol. The van der Waals surface area contributed by atoms with E-state index in [4.69, 9.17) is 10.1 Å². The van der Waals surface area contributed by atoms with Crippen LogP contribution in [0.3, 0.4) is 0 Å². The van der Waals surface area contributed by atoms with Crippen LogP contribution in [0.5, 0.6) is 5.75 Å². The second-order valence-electron chi connectivity index (χ2n) is 12.2. The van der Waals surface area contributed by atoms with E-state index in [9.17, 15) is 17.7 Å². The maximum Gasteiger partial charge on any atom is 0.418 e. The minimum absolute atomic E-state index is 0.0421. The minimum atomic E-state index is -4.73. The van der Waals surface area contributed by atoms with Gasteiger partial charge in [0, 0.05) is 87.1 Å². The summed E-state index contributed by atoms with van der Waals surface area (Å²) in [7, 11) is 2.27. The molecule has 2 aromatic carbocycles. The molecule has 0 unspecified atom stereocenters. The van der Waals surface area contributed by atoms with Crippen LogP contribution in [-0.4, -0.2) is 96.7 Å². The van der Waals surface area contributed by atoms with Crippen LogP contribution >= 0.6 is 7.14 Å². The van der Waals surface area contributed by atoms with E-state index in [-0.39, 0.29) is 28.5 Å². The molecule has 50 heavy (non-hydrogen) atoms. The number of H-pyrrole nitrogens is 1. The number of nitrogens with one attached hydrogen (secondary N) is 5. The second-order valence-corrected chi connectivity index (χ2v) is 15.3. The number of aromatic amines is 1. The lowest BCUT2D eigenvalue weighted by Crippen LogP contribution is -2.44. The number of halogens is 3. The Hall–Kier alpha value is -5.21. The van der Waals surface area contributed by atoms with Crippen molar-refractivity contribution < 1.29 is 22.5 Å². The van der Waals surface area contributed by atoms with Crippen LogP contribution in [0.15, 0.2) is 49.1 Å². The number of hydrogen-bond acceptors (Lipinski definition) is 12. The molecular formula is C33H37F3N11O2P. The number of benzene rings is 2. The highest BCUT2D eigenvalue weighted by Gasteiger charge is 2.36. The van der Waals surface area contributed by atoms with Crippen molar-refractivity contribution in [2.24, 2.45) is 0 Å². The van der Waals surface area contributed by atoms with Crippen molar-refractivity contribution in [3.8, 4) is 5.75 Å². The second kappa shape index (κ2) is 13.6. The number of aromatic nitrogens is 5. The molecule has 0 saturated carbocycles. The zero-order valence-corrected chi connectivity index (χ0v) is 29.0. The van der Waals surface area contributed by atoms with Gasteiger partial charge in [0.15, 0.2) is 0 Å².